The van der Waals surface area contributed by atoms with Crippen LogP contribution in [0.3, 0.4) is 0 Å². The van der Waals surface area contributed by atoms with Crippen molar-refractivity contribution in [1.29, 1.82) is 0 Å². The Morgan fingerprint density at radius 3 is 1.10 bits per heavy atom. The maximum Gasteiger partial charge on any atom is 0.537 e. The maximum atomic E-state index is 12.0. The summed E-state index contributed by atoms with van der Waals surface area (Å²) < 4.78 is 15.8. The number of aliphatic hydroxyl groups excluding tert-OH is 3. The lowest BCUT2D eigenvalue weighted by Crippen LogP contribution is -2.25. The molecule has 0 aliphatic carbocycles. The molecule has 0 aromatic rings. The number of hydrogen-bond donors (Lipinski definition) is 3. The van der Waals surface area contributed by atoms with Crippen LogP contribution in [-0.4, -0.2) is 66.8 Å². The Balaban J connectivity index is 5.14. The van der Waals surface area contributed by atoms with E-state index in [-0.39, 0.29) is 17.3 Å². The second-order valence-corrected chi connectivity index (χ2v) is 12.6. The first-order chi connectivity index (χ1) is 14.3. The molecule has 3 unspecified atom stereocenters. The molecular weight excluding hydrogens is 691 g/mol. The Kier molecular flexibility index (Phi) is 17.2. The lowest BCUT2D eigenvalue weighted by molar-refractivity contribution is -0.148. The van der Waals surface area contributed by atoms with Crippen LogP contribution >= 0.6 is 91.7 Å². The summed E-state index contributed by atoms with van der Waals surface area (Å²) in [5, 5.41) is 29.4. The SMILES string of the molecule is C=C(Br)CSC(O)C(=O)OP(OC(=O)C(O)SCC(=C)Br)OC(=O)C(O)SCC(=C)Br. The molecule has 16 heteroatoms. The van der Waals surface area contributed by atoms with Gasteiger partial charge in [0.2, 0.25) is 0 Å². The van der Waals surface area contributed by atoms with Crippen molar-refractivity contribution in [3.8, 4) is 0 Å². The van der Waals surface area contributed by atoms with Crippen LogP contribution in [0.5, 0.6) is 0 Å². The Hall–Kier alpha value is 0.430. The molecule has 0 spiro atoms. The third kappa shape index (κ3) is 15.8. The molecule has 0 aliphatic heterocycles. The first-order valence-corrected chi connectivity index (χ1v) is 14.3. The molecule has 0 aromatic heterocycles. The molecular formula is C15H18Br3O9PS3. The van der Waals surface area contributed by atoms with Gasteiger partial charge in [0.05, 0.1) is 0 Å². The van der Waals surface area contributed by atoms with Crippen molar-refractivity contribution in [2.45, 2.75) is 16.3 Å². The molecule has 9 nitrogen and oxygen atoms in total. The zero-order valence-electron chi connectivity index (χ0n) is 15.6. The van der Waals surface area contributed by atoms with E-state index in [1.54, 1.807) is 0 Å². The summed E-state index contributed by atoms with van der Waals surface area (Å²) in [6.45, 7) is 10.6. The van der Waals surface area contributed by atoms with Crippen LogP contribution in [0.2, 0.25) is 0 Å². The molecule has 0 aromatic carbocycles. The molecule has 3 N–H and O–H groups in total. The fourth-order valence-electron chi connectivity index (χ4n) is 1.12. The standard InChI is InChI=1S/C15H18Br3O9PS3/c1-7(16)4-29-13(22)10(19)25-28(26-11(20)14(23)30-5-8(2)17)27-12(21)15(24)31-6-9(3)18/h13-15,22-24H,1-6H2. The van der Waals surface area contributed by atoms with Gasteiger partial charge in [-0.3, -0.25) is 0 Å². The van der Waals surface area contributed by atoms with Crippen molar-refractivity contribution in [3.63, 3.8) is 0 Å². The molecule has 0 amide bonds. The van der Waals surface area contributed by atoms with Gasteiger partial charge in [0, 0.05) is 17.3 Å². The Labute approximate surface area is 218 Å². The van der Waals surface area contributed by atoms with E-state index in [0.717, 1.165) is 35.3 Å². The number of hydrogen-bond acceptors (Lipinski definition) is 12. The van der Waals surface area contributed by atoms with Crippen molar-refractivity contribution in [3.05, 3.63) is 33.2 Å². The molecule has 0 saturated heterocycles. The summed E-state index contributed by atoms with van der Waals surface area (Å²) >= 11 is 11.4. The van der Waals surface area contributed by atoms with Crippen molar-refractivity contribution in [2.75, 3.05) is 17.3 Å². The molecule has 0 saturated carbocycles. The van der Waals surface area contributed by atoms with Gasteiger partial charge in [0.1, 0.15) is 0 Å². The summed E-state index contributed by atoms with van der Waals surface area (Å²) in [7, 11) is -3.03. The van der Waals surface area contributed by atoms with E-state index < -0.39 is 42.8 Å². The van der Waals surface area contributed by atoms with Crippen LogP contribution in [0.25, 0.3) is 0 Å². The second kappa shape index (κ2) is 17.0. The molecule has 0 fully saturated rings. The smallest absolute Gasteiger partial charge is 0.372 e. The summed E-state index contributed by atoms with van der Waals surface area (Å²) in [6, 6.07) is 0. The fourth-order valence-corrected chi connectivity index (χ4v) is 4.95. The third-order valence-corrected chi connectivity index (χ3v) is 8.30. The Morgan fingerprint density at radius 2 is 0.903 bits per heavy atom. The van der Waals surface area contributed by atoms with Crippen molar-refractivity contribution in [2.24, 2.45) is 0 Å². The minimum Gasteiger partial charge on any atom is -0.372 e. The predicted molar refractivity (Wildman–Crippen MR) is 135 cm³/mol. The summed E-state index contributed by atoms with van der Waals surface area (Å²) in [5.74, 6) is -3.32. The maximum absolute atomic E-state index is 12.0. The van der Waals surface area contributed by atoms with Gasteiger partial charge < -0.3 is 28.9 Å². The summed E-state index contributed by atoms with van der Waals surface area (Å²) in [4.78, 5) is 36.1. The van der Waals surface area contributed by atoms with E-state index in [1.165, 1.54) is 0 Å². The van der Waals surface area contributed by atoms with E-state index in [4.69, 9.17) is 13.6 Å². The highest BCUT2D eigenvalue weighted by molar-refractivity contribution is 9.12. The monoisotopic (exact) mass is 706 g/mol. The molecule has 0 heterocycles. The number of carbonyl (C=O) groups excluding carboxylic acids is 3. The van der Waals surface area contributed by atoms with Gasteiger partial charge in [-0.15, -0.1) is 35.3 Å². The summed E-state index contributed by atoms with van der Waals surface area (Å²) in [6.07, 6.45) is 0. The quantitative estimate of drug-likeness (QED) is 0.169. The van der Waals surface area contributed by atoms with Gasteiger partial charge >= 0.3 is 26.5 Å². The van der Waals surface area contributed by atoms with Gasteiger partial charge in [-0.25, -0.2) is 14.4 Å². The van der Waals surface area contributed by atoms with Crippen LogP contribution in [0.15, 0.2) is 33.2 Å². The van der Waals surface area contributed by atoms with E-state index >= 15 is 0 Å². The number of rotatable bonds is 15. The third-order valence-electron chi connectivity index (χ3n) is 2.29. The molecule has 0 radical (unpaired) electrons. The van der Waals surface area contributed by atoms with E-state index in [0.29, 0.717) is 13.4 Å². The number of carbonyl (C=O) groups is 3. The van der Waals surface area contributed by atoms with E-state index in [2.05, 4.69) is 67.5 Å². The van der Waals surface area contributed by atoms with Crippen LogP contribution in [0, 0.1) is 0 Å². The van der Waals surface area contributed by atoms with Gasteiger partial charge in [0.15, 0.2) is 16.3 Å². The van der Waals surface area contributed by atoms with Crippen LogP contribution in [0.1, 0.15) is 0 Å². The first-order valence-electron chi connectivity index (χ1n) is 7.67. The van der Waals surface area contributed by atoms with Crippen molar-refractivity contribution >= 4 is 110 Å². The average Bonchev–Trinajstić information content (AvgIpc) is 2.67. The predicted octanol–water partition coefficient (Wildman–Crippen LogP) is 3.72. The second-order valence-electron chi connectivity index (χ2n) is 5.00. The highest BCUT2D eigenvalue weighted by Crippen LogP contribution is 2.43. The van der Waals surface area contributed by atoms with Crippen LogP contribution in [0.4, 0.5) is 0 Å². The highest BCUT2D eigenvalue weighted by atomic mass is 79.9. The lowest BCUT2D eigenvalue weighted by Gasteiger charge is -2.19. The number of thioether (sulfide) groups is 3. The lowest BCUT2D eigenvalue weighted by atomic mass is 10.7. The Morgan fingerprint density at radius 1 is 0.677 bits per heavy atom. The van der Waals surface area contributed by atoms with Crippen LogP contribution < -0.4 is 0 Å². The molecule has 0 bridgehead atoms. The molecule has 0 rings (SSSR count). The highest BCUT2D eigenvalue weighted by Gasteiger charge is 2.35. The zero-order valence-corrected chi connectivity index (χ0v) is 23.7. The largest absolute Gasteiger partial charge is 0.537 e. The minimum atomic E-state index is -3.03. The molecule has 0 aliphatic rings. The molecule has 176 valence electrons. The topological polar surface area (TPSA) is 140 Å². The van der Waals surface area contributed by atoms with Gasteiger partial charge in [-0.1, -0.05) is 67.5 Å². The molecule has 31 heavy (non-hydrogen) atoms. The number of aliphatic hydroxyl groups is 3. The minimum absolute atomic E-state index is 0.158. The fraction of sp³-hybridized carbons (Fsp3) is 0.400. The molecule has 3 atom stereocenters. The zero-order chi connectivity index (χ0) is 24.1. The average molecular weight is 709 g/mol. The van der Waals surface area contributed by atoms with E-state index in [9.17, 15) is 29.7 Å². The van der Waals surface area contributed by atoms with Crippen LogP contribution in [-0.2, 0) is 28.0 Å². The van der Waals surface area contributed by atoms with Crippen molar-refractivity contribution < 1.29 is 43.3 Å². The normalized spacial score (nSPS) is 14.5. The van der Waals surface area contributed by atoms with Gasteiger partial charge in [0.25, 0.3) is 0 Å². The Bertz CT molecular complexity index is 608. The van der Waals surface area contributed by atoms with Gasteiger partial charge in [-0.05, 0) is 13.4 Å². The van der Waals surface area contributed by atoms with Gasteiger partial charge in [-0.2, -0.15) is 0 Å². The first kappa shape index (κ1) is 31.4. The number of halogens is 3. The summed E-state index contributed by atoms with van der Waals surface area (Å²) in [5.41, 5.74) is -5.11. The van der Waals surface area contributed by atoms with Crippen molar-refractivity contribution in [1.82, 2.24) is 0 Å². The van der Waals surface area contributed by atoms with E-state index in [1.807, 2.05) is 0 Å².